The lowest BCUT2D eigenvalue weighted by Crippen LogP contribution is -2.35. The van der Waals surface area contributed by atoms with Gasteiger partial charge in [-0.3, -0.25) is 4.79 Å². The Hall–Kier alpha value is -2.19. The van der Waals surface area contributed by atoms with Crippen LogP contribution in [-0.4, -0.2) is 39.5 Å². The molecule has 7 nitrogen and oxygen atoms in total. The number of hydrogen-bond donors (Lipinski definition) is 2. The summed E-state index contributed by atoms with van der Waals surface area (Å²) < 4.78 is 31.3. The predicted molar refractivity (Wildman–Crippen MR) is 85.4 cm³/mol. The maximum atomic E-state index is 12.0. The van der Waals surface area contributed by atoms with E-state index in [1.54, 1.807) is 6.92 Å². The zero-order chi connectivity index (χ0) is 17.5. The number of carbonyl (C=O) groups excluding carboxylic acids is 2. The minimum absolute atomic E-state index is 0.0441. The van der Waals surface area contributed by atoms with Crippen molar-refractivity contribution in [2.24, 2.45) is 0 Å². The molecule has 0 radical (unpaired) electrons. The highest BCUT2D eigenvalue weighted by molar-refractivity contribution is 7.89. The summed E-state index contributed by atoms with van der Waals surface area (Å²) >= 11 is 0. The van der Waals surface area contributed by atoms with Gasteiger partial charge in [-0.1, -0.05) is 12.1 Å². The minimum atomic E-state index is -3.74. The lowest BCUT2D eigenvalue weighted by Gasteiger charge is -2.13. The number of carbonyl (C=O) groups is 2. The summed E-state index contributed by atoms with van der Waals surface area (Å²) in [4.78, 5) is 23.5. The Labute approximate surface area is 135 Å². The normalized spacial score (nSPS) is 12.3. The van der Waals surface area contributed by atoms with Gasteiger partial charge < -0.3 is 10.1 Å². The fraction of sp³-hybridized carbons (Fsp3) is 0.333. The number of benzene rings is 1. The quantitative estimate of drug-likeness (QED) is 0.539. The second-order valence-electron chi connectivity index (χ2n) is 4.61. The summed E-state index contributed by atoms with van der Waals surface area (Å²) in [5.74, 6) is -1.19. The van der Waals surface area contributed by atoms with Crippen LogP contribution in [0.1, 0.15) is 24.2 Å². The minimum Gasteiger partial charge on any atom is -0.449 e. The number of likely N-dealkylation sites (N-methyl/N-ethyl adjacent to an activating group) is 1. The van der Waals surface area contributed by atoms with E-state index < -0.39 is 28.0 Å². The van der Waals surface area contributed by atoms with Crippen molar-refractivity contribution in [3.05, 3.63) is 42.5 Å². The van der Waals surface area contributed by atoms with Gasteiger partial charge in [0.15, 0.2) is 6.10 Å². The molecular weight excluding hydrogens is 320 g/mol. The molecule has 2 N–H and O–H groups in total. The van der Waals surface area contributed by atoms with E-state index in [0.717, 1.165) is 0 Å². The first-order chi connectivity index (χ1) is 10.8. The zero-order valence-electron chi connectivity index (χ0n) is 13.0. The maximum Gasteiger partial charge on any atom is 0.338 e. The molecule has 0 saturated heterocycles. The summed E-state index contributed by atoms with van der Waals surface area (Å²) in [6.45, 7) is 7.11. The molecule has 0 saturated carbocycles. The molecule has 0 aliphatic carbocycles. The Morgan fingerprint density at radius 2 is 2.09 bits per heavy atom. The first-order valence-corrected chi connectivity index (χ1v) is 8.49. The molecule has 1 rings (SSSR count). The molecule has 0 spiro atoms. The second kappa shape index (κ2) is 8.44. The lowest BCUT2D eigenvalue weighted by molar-refractivity contribution is -0.128. The summed E-state index contributed by atoms with van der Waals surface area (Å²) in [6.07, 6.45) is 0.436. The Kier molecular flexibility index (Phi) is 6.92. The van der Waals surface area contributed by atoms with Crippen molar-refractivity contribution in [1.82, 2.24) is 10.0 Å². The molecule has 23 heavy (non-hydrogen) atoms. The molecule has 126 valence electrons. The van der Waals surface area contributed by atoms with Gasteiger partial charge in [-0.05, 0) is 32.0 Å². The number of amides is 1. The summed E-state index contributed by atoms with van der Waals surface area (Å²) in [7, 11) is -3.74. The van der Waals surface area contributed by atoms with Crippen molar-refractivity contribution in [2.75, 3.05) is 13.1 Å². The predicted octanol–water partition coefficient (Wildman–Crippen LogP) is 0.832. The van der Waals surface area contributed by atoms with Gasteiger partial charge in [0.05, 0.1) is 10.5 Å². The Balaban J connectivity index is 2.89. The Morgan fingerprint density at radius 3 is 2.70 bits per heavy atom. The van der Waals surface area contributed by atoms with Gasteiger partial charge in [0.2, 0.25) is 10.0 Å². The largest absolute Gasteiger partial charge is 0.449 e. The van der Waals surface area contributed by atoms with Crippen LogP contribution in [0.3, 0.4) is 0 Å². The Bertz CT molecular complexity index is 685. The molecule has 0 unspecified atom stereocenters. The smallest absolute Gasteiger partial charge is 0.338 e. The van der Waals surface area contributed by atoms with E-state index in [1.807, 2.05) is 0 Å². The number of sulfonamides is 1. The number of esters is 1. The third kappa shape index (κ3) is 5.50. The monoisotopic (exact) mass is 340 g/mol. The highest BCUT2D eigenvalue weighted by atomic mass is 32.2. The van der Waals surface area contributed by atoms with Crippen LogP contribution >= 0.6 is 0 Å². The van der Waals surface area contributed by atoms with Gasteiger partial charge in [-0.15, -0.1) is 6.58 Å². The van der Waals surface area contributed by atoms with Crippen molar-refractivity contribution in [3.8, 4) is 0 Å². The average Bonchev–Trinajstić information content (AvgIpc) is 2.53. The van der Waals surface area contributed by atoms with Crippen LogP contribution in [0.2, 0.25) is 0 Å². The highest BCUT2D eigenvalue weighted by Gasteiger charge is 2.20. The highest BCUT2D eigenvalue weighted by Crippen LogP contribution is 2.13. The first kappa shape index (κ1) is 18.9. The molecule has 0 fully saturated rings. The van der Waals surface area contributed by atoms with Gasteiger partial charge in [0, 0.05) is 13.1 Å². The number of nitrogens with one attached hydrogen (secondary N) is 2. The summed E-state index contributed by atoms with van der Waals surface area (Å²) in [5.41, 5.74) is 0.0441. The molecule has 0 heterocycles. The lowest BCUT2D eigenvalue weighted by atomic mass is 10.2. The van der Waals surface area contributed by atoms with Crippen LogP contribution in [0.15, 0.2) is 41.8 Å². The number of ether oxygens (including phenoxy) is 1. The van der Waals surface area contributed by atoms with E-state index in [1.165, 1.54) is 37.3 Å². The van der Waals surface area contributed by atoms with Gasteiger partial charge >= 0.3 is 5.97 Å². The van der Waals surface area contributed by atoms with Gasteiger partial charge in [-0.2, -0.15) is 0 Å². The van der Waals surface area contributed by atoms with Crippen LogP contribution in [0, 0.1) is 0 Å². The molecule has 8 heteroatoms. The van der Waals surface area contributed by atoms with Crippen molar-refractivity contribution in [1.29, 1.82) is 0 Å². The third-order valence-corrected chi connectivity index (χ3v) is 4.22. The fourth-order valence-corrected chi connectivity index (χ4v) is 2.69. The van der Waals surface area contributed by atoms with Crippen LogP contribution in [0.25, 0.3) is 0 Å². The molecule has 0 aliphatic heterocycles. The Morgan fingerprint density at radius 1 is 1.39 bits per heavy atom. The van der Waals surface area contributed by atoms with Gasteiger partial charge in [0.25, 0.3) is 5.91 Å². The molecule has 1 aromatic rings. The zero-order valence-corrected chi connectivity index (χ0v) is 13.9. The number of hydrogen-bond acceptors (Lipinski definition) is 5. The first-order valence-electron chi connectivity index (χ1n) is 7.01. The average molecular weight is 340 g/mol. The van der Waals surface area contributed by atoms with E-state index in [4.69, 9.17) is 4.74 Å². The molecule has 1 amide bonds. The topological polar surface area (TPSA) is 102 Å². The van der Waals surface area contributed by atoms with E-state index in [2.05, 4.69) is 16.6 Å². The van der Waals surface area contributed by atoms with Gasteiger partial charge in [-0.25, -0.2) is 17.9 Å². The van der Waals surface area contributed by atoms with Crippen molar-refractivity contribution < 1.29 is 22.7 Å². The molecule has 1 atom stereocenters. The third-order valence-electron chi connectivity index (χ3n) is 2.80. The van der Waals surface area contributed by atoms with Crippen LogP contribution in [0.4, 0.5) is 0 Å². The van der Waals surface area contributed by atoms with Crippen LogP contribution < -0.4 is 10.0 Å². The standard InChI is InChI=1S/C15H20N2O5S/c1-4-9-17-23(20,21)13-8-6-7-12(10-13)15(19)22-11(3)14(18)16-5-2/h4,6-8,10-11,17H,1,5,9H2,2-3H3,(H,16,18)/t11-/m0/s1. The fourth-order valence-electron chi connectivity index (χ4n) is 1.64. The summed E-state index contributed by atoms with van der Waals surface area (Å²) in [6, 6.07) is 5.39. The SMILES string of the molecule is C=CCNS(=O)(=O)c1cccc(C(=O)O[C@@H](C)C(=O)NCC)c1. The van der Waals surface area contributed by atoms with E-state index in [0.29, 0.717) is 6.54 Å². The van der Waals surface area contributed by atoms with Crippen LogP contribution in [-0.2, 0) is 19.6 Å². The van der Waals surface area contributed by atoms with Crippen molar-refractivity contribution >= 4 is 21.9 Å². The van der Waals surface area contributed by atoms with Crippen molar-refractivity contribution in [2.45, 2.75) is 24.8 Å². The maximum absolute atomic E-state index is 12.0. The second-order valence-corrected chi connectivity index (χ2v) is 6.38. The van der Waals surface area contributed by atoms with Crippen molar-refractivity contribution in [3.63, 3.8) is 0 Å². The molecular formula is C15H20N2O5S. The molecule has 0 bridgehead atoms. The molecule has 0 aromatic heterocycles. The molecule has 1 aromatic carbocycles. The van der Waals surface area contributed by atoms with E-state index >= 15 is 0 Å². The van der Waals surface area contributed by atoms with E-state index in [9.17, 15) is 18.0 Å². The van der Waals surface area contributed by atoms with E-state index in [-0.39, 0.29) is 17.0 Å². The molecule has 0 aliphatic rings. The number of rotatable bonds is 8. The summed E-state index contributed by atoms with van der Waals surface area (Å²) in [5, 5.41) is 2.53. The van der Waals surface area contributed by atoms with Gasteiger partial charge in [0.1, 0.15) is 0 Å². The van der Waals surface area contributed by atoms with Crippen LogP contribution in [0.5, 0.6) is 0 Å².